The molecule has 1 heterocycles. The van der Waals surface area contributed by atoms with E-state index in [1.54, 1.807) is 6.20 Å². The molecule has 0 unspecified atom stereocenters. The summed E-state index contributed by atoms with van der Waals surface area (Å²) in [6.45, 7) is 6.77. The fourth-order valence-electron chi connectivity index (χ4n) is 2.33. The molecule has 0 saturated carbocycles. The Balaban J connectivity index is 1.79. The van der Waals surface area contributed by atoms with Gasteiger partial charge in [-0.05, 0) is 55.1 Å². The molecule has 0 fully saturated rings. The number of anilines is 1. The molecule has 0 bridgehead atoms. The minimum Gasteiger partial charge on any atom is -0.392 e. The van der Waals surface area contributed by atoms with Crippen LogP contribution in [0.5, 0.6) is 0 Å². The second-order valence-electron chi connectivity index (χ2n) is 5.14. The topological polar surface area (TPSA) is 61.1 Å². The highest BCUT2D eigenvalue weighted by molar-refractivity contribution is 7.21. The van der Waals surface area contributed by atoms with E-state index in [4.69, 9.17) is 0 Å². The highest BCUT2D eigenvalue weighted by Crippen LogP contribution is 2.30. The summed E-state index contributed by atoms with van der Waals surface area (Å²) >= 11 is 1.46. The van der Waals surface area contributed by atoms with E-state index < -0.39 is 0 Å². The third-order valence-corrected chi connectivity index (χ3v) is 4.52. The molecule has 0 saturated heterocycles. The summed E-state index contributed by atoms with van der Waals surface area (Å²) in [4.78, 5) is 6.48. The number of benzene rings is 2. The number of aliphatic hydroxyl groups excluding tert-OH is 1. The van der Waals surface area contributed by atoms with Crippen LogP contribution in [0.3, 0.4) is 0 Å². The Labute approximate surface area is 144 Å². The molecule has 3 aromatic rings. The maximum absolute atomic E-state index is 9.19. The monoisotopic (exact) mass is 338 g/mol. The molecule has 0 aliphatic rings. The lowest BCUT2D eigenvalue weighted by Gasteiger charge is -2.17. The summed E-state index contributed by atoms with van der Waals surface area (Å²) in [6.07, 6.45) is 1.80. The Hall–Kier alpha value is -2.57. The highest BCUT2D eigenvalue weighted by Gasteiger charge is 2.04. The average Bonchev–Trinajstić information content (AvgIpc) is 3.04. The van der Waals surface area contributed by atoms with Crippen molar-refractivity contribution < 1.29 is 5.11 Å². The van der Waals surface area contributed by atoms with Crippen LogP contribution in [-0.4, -0.2) is 16.6 Å². The summed E-state index contributed by atoms with van der Waals surface area (Å²) in [5.74, 6) is 0. The maximum Gasteiger partial charge on any atom is 0.231 e. The fraction of sp³-hybridized carbons (Fsp3) is 0.167. The zero-order chi connectivity index (χ0) is 16.9. The molecule has 122 valence electrons. The first-order chi connectivity index (χ1) is 11.7. The first kappa shape index (κ1) is 16.3. The minimum absolute atomic E-state index is 0.0243. The van der Waals surface area contributed by atoms with Gasteiger partial charge in [0.25, 0.3) is 0 Å². The van der Waals surface area contributed by atoms with Gasteiger partial charge in [-0.3, -0.25) is 0 Å². The second kappa shape index (κ2) is 7.33. The summed E-state index contributed by atoms with van der Waals surface area (Å²) in [6, 6.07) is 13.5. The van der Waals surface area contributed by atoms with Gasteiger partial charge in [0.05, 0.1) is 22.5 Å². The van der Waals surface area contributed by atoms with Gasteiger partial charge < -0.3 is 10.0 Å². The number of azo groups is 1. The Morgan fingerprint density at radius 2 is 2.00 bits per heavy atom. The number of fused-ring (bicyclic) bond motifs is 1. The molecule has 0 aliphatic carbocycles. The summed E-state index contributed by atoms with van der Waals surface area (Å²) in [7, 11) is 0. The molecule has 1 N–H and O–H groups in total. The number of aromatic nitrogens is 1. The van der Waals surface area contributed by atoms with Gasteiger partial charge in [-0.1, -0.05) is 24.0 Å². The molecule has 0 aliphatic heterocycles. The average molecular weight is 338 g/mol. The lowest BCUT2D eigenvalue weighted by molar-refractivity contribution is 0.282. The first-order valence-electron chi connectivity index (χ1n) is 7.65. The summed E-state index contributed by atoms with van der Waals surface area (Å²) in [5, 5.41) is 18.3. The fourth-order valence-corrected chi connectivity index (χ4v) is 3.18. The molecule has 0 radical (unpaired) electrons. The van der Waals surface area contributed by atoms with Crippen molar-refractivity contribution in [1.29, 1.82) is 0 Å². The van der Waals surface area contributed by atoms with Crippen molar-refractivity contribution in [2.75, 3.05) is 11.4 Å². The lowest BCUT2D eigenvalue weighted by Crippen LogP contribution is -2.13. The molecule has 1 aromatic heterocycles. The van der Waals surface area contributed by atoms with Crippen molar-refractivity contribution in [2.24, 2.45) is 10.2 Å². The van der Waals surface area contributed by atoms with E-state index in [0.717, 1.165) is 33.7 Å². The van der Waals surface area contributed by atoms with E-state index in [1.165, 1.54) is 11.3 Å². The Bertz CT molecular complexity index is 870. The molecule has 0 spiro atoms. The van der Waals surface area contributed by atoms with Crippen LogP contribution in [0.25, 0.3) is 10.2 Å². The van der Waals surface area contributed by atoms with Crippen molar-refractivity contribution in [2.45, 2.75) is 13.5 Å². The van der Waals surface area contributed by atoms with Gasteiger partial charge in [0, 0.05) is 12.2 Å². The largest absolute Gasteiger partial charge is 0.392 e. The Morgan fingerprint density at radius 3 is 2.67 bits per heavy atom. The van der Waals surface area contributed by atoms with Crippen molar-refractivity contribution >= 4 is 38.1 Å². The standard InChI is InChI=1S/C18H18N4OS/c1-3-22(4-2)15-8-6-14(7-9-15)20-21-18-19-16-10-5-13(12-23)11-17(16)24-18/h3,5-11,23H,1,4,12H2,2H3. The number of nitrogens with zero attached hydrogens (tertiary/aromatic N) is 4. The van der Waals surface area contributed by atoms with Crippen molar-refractivity contribution in [3.63, 3.8) is 0 Å². The van der Waals surface area contributed by atoms with Crippen LogP contribution < -0.4 is 4.90 Å². The highest BCUT2D eigenvalue weighted by atomic mass is 32.1. The number of hydrogen-bond acceptors (Lipinski definition) is 6. The van der Waals surface area contributed by atoms with E-state index >= 15 is 0 Å². The zero-order valence-corrected chi connectivity index (χ0v) is 14.2. The van der Waals surface area contributed by atoms with Gasteiger partial charge in [-0.2, -0.15) is 0 Å². The summed E-state index contributed by atoms with van der Waals surface area (Å²) in [5.41, 5.74) is 3.58. The van der Waals surface area contributed by atoms with Crippen LogP contribution in [-0.2, 0) is 6.61 Å². The molecule has 6 heteroatoms. The molecule has 3 rings (SSSR count). The SMILES string of the molecule is C=CN(CC)c1ccc(N=Nc2nc3ccc(CO)cc3s2)cc1. The van der Waals surface area contributed by atoms with Gasteiger partial charge in [0.1, 0.15) is 0 Å². The minimum atomic E-state index is 0.0243. The van der Waals surface area contributed by atoms with Crippen molar-refractivity contribution in [3.8, 4) is 0 Å². The van der Waals surface area contributed by atoms with Crippen molar-refractivity contribution in [1.82, 2.24) is 4.98 Å². The van der Waals surface area contributed by atoms with Crippen LogP contribution >= 0.6 is 11.3 Å². The van der Waals surface area contributed by atoms with Gasteiger partial charge in [0.2, 0.25) is 5.13 Å². The van der Waals surface area contributed by atoms with E-state index in [0.29, 0.717) is 5.13 Å². The van der Waals surface area contributed by atoms with Crippen LogP contribution in [0, 0.1) is 0 Å². The van der Waals surface area contributed by atoms with Crippen LogP contribution in [0.4, 0.5) is 16.5 Å². The number of aliphatic hydroxyl groups is 1. The van der Waals surface area contributed by atoms with Gasteiger partial charge in [-0.25, -0.2) is 4.98 Å². The van der Waals surface area contributed by atoms with E-state index in [-0.39, 0.29) is 6.61 Å². The Morgan fingerprint density at radius 1 is 1.21 bits per heavy atom. The Kier molecular flexibility index (Phi) is 4.98. The molecule has 2 aromatic carbocycles. The van der Waals surface area contributed by atoms with Gasteiger partial charge in [-0.15, -0.1) is 10.2 Å². The quantitative estimate of drug-likeness (QED) is 0.630. The summed E-state index contributed by atoms with van der Waals surface area (Å²) < 4.78 is 0.996. The molecule has 5 nitrogen and oxygen atoms in total. The third kappa shape index (κ3) is 3.50. The van der Waals surface area contributed by atoms with Crippen molar-refractivity contribution in [3.05, 3.63) is 60.8 Å². The first-order valence-corrected chi connectivity index (χ1v) is 8.46. The molecule has 24 heavy (non-hydrogen) atoms. The zero-order valence-electron chi connectivity index (χ0n) is 13.4. The number of hydrogen-bond donors (Lipinski definition) is 1. The molecular weight excluding hydrogens is 320 g/mol. The smallest absolute Gasteiger partial charge is 0.231 e. The predicted molar refractivity (Wildman–Crippen MR) is 99.4 cm³/mol. The van der Waals surface area contributed by atoms with Gasteiger partial charge in [0.15, 0.2) is 0 Å². The lowest BCUT2D eigenvalue weighted by atomic mass is 10.2. The van der Waals surface area contributed by atoms with Crippen LogP contribution in [0.2, 0.25) is 0 Å². The normalized spacial score (nSPS) is 11.2. The van der Waals surface area contributed by atoms with E-state index in [1.807, 2.05) is 47.4 Å². The second-order valence-corrected chi connectivity index (χ2v) is 6.15. The van der Waals surface area contributed by atoms with Crippen LogP contribution in [0.15, 0.2) is 65.5 Å². The molecule has 0 atom stereocenters. The maximum atomic E-state index is 9.19. The molecular formula is C18H18N4OS. The number of thiazole rings is 1. The van der Waals surface area contributed by atoms with E-state index in [2.05, 4.69) is 28.7 Å². The number of rotatable bonds is 6. The molecule has 0 amide bonds. The third-order valence-electron chi connectivity index (χ3n) is 3.62. The van der Waals surface area contributed by atoms with Gasteiger partial charge >= 0.3 is 0 Å². The van der Waals surface area contributed by atoms with Crippen LogP contribution in [0.1, 0.15) is 12.5 Å². The van der Waals surface area contributed by atoms with E-state index in [9.17, 15) is 5.11 Å². The predicted octanol–water partition coefficient (Wildman–Crippen LogP) is 5.17.